The number of nitrogens with one attached hydrogen (secondary N) is 1. The van der Waals surface area contributed by atoms with Crippen molar-refractivity contribution < 1.29 is 9.21 Å². The molecule has 0 spiro atoms. The van der Waals surface area contributed by atoms with E-state index < -0.39 is 0 Å². The van der Waals surface area contributed by atoms with Crippen LogP contribution in [0.25, 0.3) is 22.6 Å². The van der Waals surface area contributed by atoms with Crippen LogP contribution in [0, 0.1) is 0 Å². The number of fused-ring (bicyclic) bond motifs is 1. The first-order chi connectivity index (χ1) is 13.5. The van der Waals surface area contributed by atoms with Crippen molar-refractivity contribution >= 4 is 45.9 Å². The molecule has 3 aromatic carbocycles. The summed E-state index contributed by atoms with van der Waals surface area (Å²) < 4.78 is 5.80. The van der Waals surface area contributed by atoms with Crippen LogP contribution in [-0.2, 0) is 6.42 Å². The molecule has 0 saturated heterocycles. The number of carbonyl (C=O) groups is 1. The van der Waals surface area contributed by atoms with Gasteiger partial charge in [-0.05, 0) is 54.4 Å². The molecule has 0 unspecified atom stereocenters. The molecule has 4 rings (SSSR count). The van der Waals surface area contributed by atoms with Crippen LogP contribution in [0.15, 0.2) is 65.1 Å². The van der Waals surface area contributed by atoms with Crippen LogP contribution in [0.5, 0.6) is 0 Å². The Labute approximate surface area is 172 Å². The lowest BCUT2D eigenvalue weighted by Crippen LogP contribution is -2.11. The number of amides is 1. The number of oxazole rings is 1. The zero-order valence-electron chi connectivity index (χ0n) is 15.0. The minimum Gasteiger partial charge on any atom is -0.435 e. The van der Waals surface area contributed by atoms with Crippen molar-refractivity contribution in [3.63, 3.8) is 0 Å². The molecule has 1 aromatic heterocycles. The molecule has 0 aliphatic rings. The average molecular weight is 411 g/mol. The van der Waals surface area contributed by atoms with Gasteiger partial charge in [0, 0.05) is 21.8 Å². The minimum atomic E-state index is -0.174. The minimum absolute atomic E-state index is 0.174. The zero-order chi connectivity index (χ0) is 19.7. The maximum Gasteiger partial charge on any atom is 0.255 e. The molecule has 6 heteroatoms. The van der Waals surface area contributed by atoms with Gasteiger partial charge >= 0.3 is 0 Å². The van der Waals surface area contributed by atoms with Crippen LogP contribution in [0.1, 0.15) is 22.8 Å². The number of rotatable bonds is 4. The van der Waals surface area contributed by atoms with Crippen molar-refractivity contribution in [2.24, 2.45) is 0 Å². The lowest BCUT2D eigenvalue weighted by Gasteiger charge is -2.07. The number of carbonyl (C=O) groups excluding carboxylic acids is 1. The summed E-state index contributed by atoms with van der Waals surface area (Å²) in [6.45, 7) is 2.08. The molecule has 1 heterocycles. The summed E-state index contributed by atoms with van der Waals surface area (Å²) in [6, 6.07) is 18.2. The van der Waals surface area contributed by atoms with Crippen LogP contribution in [0.2, 0.25) is 10.0 Å². The van der Waals surface area contributed by atoms with Gasteiger partial charge < -0.3 is 9.73 Å². The third kappa shape index (κ3) is 3.75. The highest BCUT2D eigenvalue weighted by Crippen LogP contribution is 2.32. The number of benzene rings is 3. The van der Waals surface area contributed by atoms with Gasteiger partial charge in [0.1, 0.15) is 5.52 Å². The third-order valence-electron chi connectivity index (χ3n) is 4.40. The quantitative estimate of drug-likeness (QED) is 0.411. The third-order valence-corrected chi connectivity index (χ3v) is 4.90. The fraction of sp³-hybridized carbons (Fsp3) is 0.0909. The number of aryl methyl sites for hydroxylation is 1. The largest absolute Gasteiger partial charge is 0.435 e. The lowest BCUT2D eigenvalue weighted by atomic mass is 10.1. The summed E-state index contributed by atoms with van der Waals surface area (Å²) in [5.41, 5.74) is 4.22. The first-order valence-corrected chi connectivity index (χ1v) is 9.55. The molecular formula is C22H16Cl2N2O2. The molecule has 1 amide bonds. The van der Waals surface area contributed by atoms with Crippen LogP contribution >= 0.6 is 23.2 Å². The van der Waals surface area contributed by atoms with Crippen LogP contribution < -0.4 is 5.32 Å². The Morgan fingerprint density at radius 2 is 1.86 bits per heavy atom. The molecule has 0 saturated carbocycles. The normalized spacial score (nSPS) is 11.0. The first kappa shape index (κ1) is 18.5. The van der Waals surface area contributed by atoms with Crippen molar-refractivity contribution in [1.82, 2.24) is 4.98 Å². The molecular weight excluding hydrogens is 395 g/mol. The summed E-state index contributed by atoms with van der Waals surface area (Å²) in [7, 11) is 0. The summed E-state index contributed by atoms with van der Waals surface area (Å²) >= 11 is 12.2. The zero-order valence-corrected chi connectivity index (χ0v) is 16.5. The molecule has 4 aromatic rings. The Morgan fingerprint density at radius 3 is 2.61 bits per heavy atom. The summed E-state index contributed by atoms with van der Waals surface area (Å²) in [6.07, 6.45) is 0.934. The van der Waals surface area contributed by atoms with Gasteiger partial charge in [-0.2, -0.15) is 0 Å². The van der Waals surface area contributed by atoms with Gasteiger partial charge in [0.05, 0.1) is 5.02 Å². The highest BCUT2D eigenvalue weighted by Gasteiger charge is 2.13. The van der Waals surface area contributed by atoms with E-state index in [9.17, 15) is 4.79 Å². The van der Waals surface area contributed by atoms with Gasteiger partial charge in [0.25, 0.3) is 5.91 Å². The first-order valence-electron chi connectivity index (χ1n) is 8.80. The highest BCUT2D eigenvalue weighted by molar-refractivity contribution is 6.38. The number of hydrogen-bond acceptors (Lipinski definition) is 3. The van der Waals surface area contributed by atoms with Crippen LogP contribution in [-0.4, -0.2) is 10.9 Å². The number of aromatic nitrogens is 1. The van der Waals surface area contributed by atoms with Crippen molar-refractivity contribution in [3.05, 3.63) is 81.8 Å². The molecule has 0 atom stereocenters. The SMILES string of the molecule is CCc1ccc(C(=O)Nc2cccc(-c3nc4cc(Cl)cc(Cl)c4o3)c2)cc1. The van der Waals surface area contributed by atoms with E-state index in [2.05, 4.69) is 17.2 Å². The Balaban J connectivity index is 1.60. The number of hydrogen-bond donors (Lipinski definition) is 1. The van der Waals surface area contributed by atoms with E-state index >= 15 is 0 Å². The van der Waals surface area contributed by atoms with E-state index in [1.165, 1.54) is 5.56 Å². The maximum atomic E-state index is 12.5. The second kappa shape index (κ2) is 7.66. The molecule has 0 radical (unpaired) electrons. The molecule has 140 valence electrons. The number of halogens is 2. The van der Waals surface area contributed by atoms with Crippen LogP contribution in [0.4, 0.5) is 5.69 Å². The van der Waals surface area contributed by atoms with Gasteiger partial charge in [-0.25, -0.2) is 4.98 Å². The maximum absolute atomic E-state index is 12.5. The fourth-order valence-corrected chi connectivity index (χ4v) is 3.43. The highest BCUT2D eigenvalue weighted by atomic mass is 35.5. The van der Waals surface area contributed by atoms with Gasteiger partial charge in [0.15, 0.2) is 5.58 Å². The Hall–Kier alpha value is -2.82. The van der Waals surface area contributed by atoms with Gasteiger partial charge in [0.2, 0.25) is 5.89 Å². The lowest BCUT2D eigenvalue weighted by molar-refractivity contribution is 0.102. The molecule has 28 heavy (non-hydrogen) atoms. The Bertz CT molecular complexity index is 1170. The van der Waals surface area contributed by atoms with E-state index in [1.54, 1.807) is 18.2 Å². The Kier molecular flexibility index (Phi) is 5.07. The summed E-state index contributed by atoms with van der Waals surface area (Å²) in [4.78, 5) is 17.0. The van der Waals surface area contributed by atoms with Gasteiger partial charge in [-0.1, -0.05) is 48.3 Å². The van der Waals surface area contributed by atoms with E-state index in [0.29, 0.717) is 38.3 Å². The van der Waals surface area contributed by atoms with E-state index in [1.807, 2.05) is 42.5 Å². The monoisotopic (exact) mass is 410 g/mol. The summed E-state index contributed by atoms with van der Waals surface area (Å²) in [5, 5.41) is 3.80. The van der Waals surface area contributed by atoms with Crippen molar-refractivity contribution in [2.45, 2.75) is 13.3 Å². The predicted molar refractivity (Wildman–Crippen MR) is 113 cm³/mol. The molecule has 1 N–H and O–H groups in total. The fourth-order valence-electron chi connectivity index (χ4n) is 2.91. The molecule has 0 aliphatic carbocycles. The predicted octanol–water partition coefficient (Wildman–Crippen LogP) is 6.62. The Morgan fingerprint density at radius 1 is 1.07 bits per heavy atom. The van der Waals surface area contributed by atoms with E-state index in [0.717, 1.165) is 12.0 Å². The van der Waals surface area contributed by atoms with Crippen molar-refractivity contribution in [1.29, 1.82) is 0 Å². The number of anilines is 1. The second-order valence-corrected chi connectivity index (χ2v) is 7.18. The van der Waals surface area contributed by atoms with Crippen molar-refractivity contribution in [2.75, 3.05) is 5.32 Å². The smallest absolute Gasteiger partial charge is 0.255 e. The topological polar surface area (TPSA) is 55.1 Å². The molecule has 0 bridgehead atoms. The van der Waals surface area contributed by atoms with Crippen LogP contribution in [0.3, 0.4) is 0 Å². The number of nitrogens with zero attached hydrogens (tertiary/aromatic N) is 1. The summed E-state index contributed by atoms with van der Waals surface area (Å²) in [5.74, 6) is 0.231. The standard InChI is InChI=1S/C22H16Cl2N2O2/c1-2-13-6-8-14(9-7-13)21(27)25-17-5-3-4-15(10-17)22-26-19-12-16(23)11-18(24)20(19)28-22/h3-12H,2H2,1H3,(H,25,27). The second-order valence-electron chi connectivity index (χ2n) is 6.34. The molecule has 4 nitrogen and oxygen atoms in total. The van der Waals surface area contributed by atoms with Gasteiger partial charge in [-0.15, -0.1) is 0 Å². The van der Waals surface area contributed by atoms with E-state index in [4.69, 9.17) is 27.6 Å². The van der Waals surface area contributed by atoms with Crippen molar-refractivity contribution in [3.8, 4) is 11.5 Å². The van der Waals surface area contributed by atoms with Gasteiger partial charge in [-0.3, -0.25) is 4.79 Å². The average Bonchev–Trinajstić information content (AvgIpc) is 3.13. The molecule has 0 aliphatic heterocycles. The van der Waals surface area contributed by atoms with E-state index in [-0.39, 0.29) is 5.91 Å². The molecule has 0 fully saturated rings.